The smallest absolute Gasteiger partial charge is 0.308 e. The predicted octanol–water partition coefficient (Wildman–Crippen LogP) is 2.24. The largest absolute Gasteiger partial charge is 0.463 e. The molecule has 3 nitrogen and oxygen atoms in total. The van der Waals surface area contributed by atoms with Crippen molar-refractivity contribution in [1.82, 2.24) is 4.98 Å². The molecule has 0 radical (unpaired) electrons. The van der Waals surface area contributed by atoms with E-state index in [0.29, 0.717) is 0 Å². The van der Waals surface area contributed by atoms with E-state index in [-0.39, 0.29) is 10.6 Å². The van der Waals surface area contributed by atoms with E-state index in [4.69, 9.17) is 0 Å². The molecule has 1 heterocycles. The normalized spacial score (nSPS) is 12.4. The van der Waals surface area contributed by atoms with Crippen molar-refractivity contribution >= 4 is 11.6 Å². The van der Waals surface area contributed by atoms with E-state index in [1.54, 1.807) is 0 Å². The van der Waals surface area contributed by atoms with Gasteiger partial charge < -0.3 is 4.90 Å². The van der Waals surface area contributed by atoms with E-state index in [0.717, 1.165) is 13.2 Å². The standard InChI is InChI=1S/C9H7F5N2O/c1-16(6-3-2-4-15-5-6)7(17)8(10,11)9(12,13)14/h2-5H,1H3. The lowest BCUT2D eigenvalue weighted by molar-refractivity contribution is -0.268. The fraction of sp³-hybridized carbons (Fsp3) is 0.333. The number of halogens is 5. The second-order valence-electron chi connectivity index (χ2n) is 3.15. The van der Waals surface area contributed by atoms with Gasteiger partial charge in [0.2, 0.25) is 0 Å². The zero-order valence-corrected chi connectivity index (χ0v) is 8.50. The van der Waals surface area contributed by atoms with Gasteiger partial charge in [0.15, 0.2) is 0 Å². The van der Waals surface area contributed by atoms with Crippen molar-refractivity contribution in [2.75, 3.05) is 11.9 Å². The summed E-state index contributed by atoms with van der Waals surface area (Å²) in [6.45, 7) is 0. The summed E-state index contributed by atoms with van der Waals surface area (Å²) < 4.78 is 61.3. The molecule has 0 saturated carbocycles. The van der Waals surface area contributed by atoms with Crippen molar-refractivity contribution in [1.29, 1.82) is 0 Å². The first-order valence-electron chi connectivity index (χ1n) is 4.30. The van der Waals surface area contributed by atoms with Crippen LogP contribution in [-0.4, -0.2) is 30.0 Å². The molecule has 0 atom stereocenters. The van der Waals surface area contributed by atoms with E-state index in [1.165, 1.54) is 18.3 Å². The number of hydrogen-bond acceptors (Lipinski definition) is 2. The average molecular weight is 254 g/mol. The fourth-order valence-electron chi connectivity index (χ4n) is 1.00. The lowest BCUT2D eigenvalue weighted by Crippen LogP contribution is -2.51. The van der Waals surface area contributed by atoms with Crippen LogP contribution in [0.4, 0.5) is 27.6 Å². The summed E-state index contributed by atoms with van der Waals surface area (Å²) in [5, 5.41) is 0. The van der Waals surface area contributed by atoms with Gasteiger partial charge in [0.1, 0.15) is 0 Å². The monoisotopic (exact) mass is 254 g/mol. The molecule has 0 spiro atoms. The van der Waals surface area contributed by atoms with E-state index in [9.17, 15) is 26.7 Å². The second-order valence-corrected chi connectivity index (χ2v) is 3.15. The van der Waals surface area contributed by atoms with Crippen LogP contribution in [0, 0.1) is 0 Å². The average Bonchev–Trinajstić information content (AvgIpc) is 2.26. The van der Waals surface area contributed by atoms with Crippen LogP contribution >= 0.6 is 0 Å². The predicted molar refractivity (Wildman–Crippen MR) is 48.6 cm³/mol. The molecule has 0 aliphatic heterocycles. The number of anilines is 1. The third-order valence-electron chi connectivity index (χ3n) is 1.96. The molecule has 1 aromatic rings. The van der Waals surface area contributed by atoms with Crippen molar-refractivity contribution < 1.29 is 26.7 Å². The number of pyridine rings is 1. The van der Waals surface area contributed by atoms with E-state index in [1.807, 2.05) is 0 Å². The number of aromatic nitrogens is 1. The highest BCUT2D eigenvalue weighted by molar-refractivity contribution is 5.98. The van der Waals surface area contributed by atoms with Crippen molar-refractivity contribution in [3.05, 3.63) is 24.5 Å². The molecule has 0 N–H and O–H groups in total. The topological polar surface area (TPSA) is 33.2 Å². The van der Waals surface area contributed by atoms with Crippen molar-refractivity contribution in [2.24, 2.45) is 0 Å². The van der Waals surface area contributed by atoms with Gasteiger partial charge in [-0.05, 0) is 12.1 Å². The van der Waals surface area contributed by atoms with Gasteiger partial charge in [-0.3, -0.25) is 9.78 Å². The van der Waals surface area contributed by atoms with Crippen molar-refractivity contribution in [2.45, 2.75) is 12.1 Å². The number of nitrogens with zero attached hydrogens (tertiary/aromatic N) is 2. The molecule has 1 aromatic heterocycles. The molecule has 0 aliphatic rings. The molecule has 1 rings (SSSR count). The lowest BCUT2D eigenvalue weighted by atomic mass is 10.2. The molecule has 0 aromatic carbocycles. The van der Waals surface area contributed by atoms with E-state index < -0.39 is 18.0 Å². The molecule has 0 unspecified atom stereocenters. The highest BCUT2D eigenvalue weighted by Crippen LogP contribution is 2.37. The van der Waals surface area contributed by atoms with Crippen LogP contribution in [0.3, 0.4) is 0 Å². The summed E-state index contributed by atoms with van der Waals surface area (Å²) >= 11 is 0. The Morgan fingerprint density at radius 3 is 2.29 bits per heavy atom. The third kappa shape index (κ3) is 2.51. The van der Waals surface area contributed by atoms with Gasteiger partial charge in [-0.1, -0.05) is 0 Å². The van der Waals surface area contributed by atoms with Crippen LogP contribution in [-0.2, 0) is 4.79 Å². The summed E-state index contributed by atoms with van der Waals surface area (Å²) in [5.74, 6) is -7.77. The molecule has 0 saturated heterocycles. The highest BCUT2D eigenvalue weighted by Gasteiger charge is 2.64. The maximum Gasteiger partial charge on any atom is 0.463 e. The minimum Gasteiger partial charge on any atom is -0.308 e. The Bertz CT molecular complexity index is 404. The summed E-state index contributed by atoms with van der Waals surface area (Å²) in [7, 11) is 0.818. The molecule has 17 heavy (non-hydrogen) atoms. The highest BCUT2D eigenvalue weighted by atomic mass is 19.4. The number of alkyl halides is 5. The lowest BCUT2D eigenvalue weighted by Gasteiger charge is -2.24. The molecule has 0 aliphatic carbocycles. The quantitative estimate of drug-likeness (QED) is 0.758. The number of carbonyl (C=O) groups is 1. The molecule has 0 bridgehead atoms. The summed E-state index contributed by atoms with van der Waals surface area (Å²) in [5.41, 5.74) is -0.151. The Kier molecular flexibility index (Phi) is 3.35. The second kappa shape index (κ2) is 4.27. The molecule has 1 amide bonds. The maximum atomic E-state index is 12.7. The van der Waals surface area contributed by atoms with Crippen LogP contribution in [0.25, 0.3) is 0 Å². The maximum absolute atomic E-state index is 12.7. The van der Waals surface area contributed by atoms with Crippen molar-refractivity contribution in [3.8, 4) is 0 Å². The zero-order valence-electron chi connectivity index (χ0n) is 8.50. The fourth-order valence-corrected chi connectivity index (χ4v) is 1.00. The van der Waals surface area contributed by atoms with Crippen LogP contribution in [0.2, 0.25) is 0 Å². The summed E-state index contributed by atoms with van der Waals surface area (Å²) in [6.07, 6.45) is -3.62. The molecule has 94 valence electrons. The van der Waals surface area contributed by atoms with Crippen LogP contribution in [0.15, 0.2) is 24.5 Å². The Balaban J connectivity index is 2.99. The first-order valence-corrected chi connectivity index (χ1v) is 4.30. The Morgan fingerprint density at radius 2 is 1.88 bits per heavy atom. The Labute approximate surface area is 92.9 Å². The van der Waals surface area contributed by atoms with Gasteiger partial charge in [-0.25, -0.2) is 0 Å². The Morgan fingerprint density at radius 1 is 1.29 bits per heavy atom. The van der Waals surface area contributed by atoms with Gasteiger partial charge in [-0.2, -0.15) is 22.0 Å². The molecule has 8 heteroatoms. The van der Waals surface area contributed by atoms with Gasteiger partial charge in [0, 0.05) is 13.2 Å². The van der Waals surface area contributed by atoms with Crippen molar-refractivity contribution in [3.63, 3.8) is 0 Å². The first kappa shape index (κ1) is 13.3. The molecule has 0 fully saturated rings. The molecular weight excluding hydrogens is 247 g/mol. The number of amides is 1. The van der Waals surface area contributed by atoms with Gasteiger partial charge in [0.25, 0.3) is 0 Å². The van der Waals surface area contributed by atoms with Gasteiger partial charge in [-0.15, -0.1) is 0 Å². The number of carbonyl (C=O) groups excluding carboxylic acids is 1. The van der Waals surface area contributed by atoms with Gasteiger partial charge in [0.05, 0.1) is 11.9 Å². The Hall–Kier alpha value is -1.73. The summed E-state index contributed by atoms with van der Waals surface area (Å²) in [4.78, 5) is 14.8. The van der Waals surface area contributed by atoms with E-state index in [2.05, 4.69) is 4.98 Å². The minimum atomic E-state index is -5.92. The third-order valence-corrected chi connectivity index (χ3v) is 1.96. The minimum absolute atomic E-state index is 0.151. The number of hydrogen-bond donors (Lipinski definition) is 0. The molecular formula is C9H7F5N2O. The van der Waals surface area contributed by atoms with Crippen LogP contribution in [0.5, 0.6) is 0 Å². The summed E-state index contributed by atoms with van der Waals surface area (Å²) in [6, 6.07) is 2.50. The van der Waals surface area contributed by atoms with Gasteiger partial charge >= 0.3 is 18.0 Å². The van der Waals surface area contributed by atoms with Crippen LogP contribution in [0.1, 0.15) is 0 Å². The SMILES string of the molecule is CN(C(=O)C(F)(F)C(F)(F)F)c1cccnc1. The van der Waals surface area contributed by atoms with E-state index >= 15 is 0 Å². The first-order chi connectivity index (χ1) is 7.68. The number of rotatable bonds is 2. The zero-order chi connectivity index (χ0) is 13.3. The van der Waals surface area contributed by atoms with Crippen LogP contribution < -0.4 is 4.90 Å².